The Hall–Kier alpha value is -1.51. The van der Waals surface area contributed by atoms with Crippen molar-refractivity contribution < 1.29 is 4.79 Å². The van der Waals surface area contributed by atoms with Crippen molar-refractivity contribution in [3.63, 3.8) is 0 Å². The predicted octanol–water partition coefficient (Wildman–Crippen LogP) is 3.09. The predicted molar refractivity (Wildman–Crippen MR) is 86.6 cm³/mol. The lowest BCUT2D eigenvalue weighted by Gasteiger charge is -2.31. The molecule has 3 nitrogen and oxygen atoms in total. The van der Waals surface area contributed by atoms with Crippen LogP contribution in [0.2, 0.25) is 0 Å². The second-order valence-electron chi connectivity index (χ2n) is 6.62. The highest BCUT2D eigenvalue weighted by Gasteiger charge is 2.21. The molecule has 1 unspecified atom stereocenters. The van der Waals surface area contributed by atoms with Crippen molar-refractivity contribution in [2.75, 3.05) is 31.1 Å². The summed E-state index contributed by atoms with van der Waals surface area (Å²) in [6, 6.07) is 8.59. The summed E-state index contributed by atoms with van der Waals surface area (Å²) in [6.45, 7) is 6.46. The molecule has 1 atom stereocenters. The summed E-state index contributed by atoms with van der Waals surface area (Å²) in [5, 5.41) is 0. The molecule has 1 aromatic rings. The molecule has 2 aliphatic rings. The maximum atomic E-state index is 12.4. The Morgan fingerprint density at radius 2 is 1.81 bits per heavy atom. The summed E-state index contributed by atoms with van der Waals surface area (Å²) in [6.07, 6.45) is 5.56. The van der Waals surface area contributed by atoms with Gasteiger partial charge < -0.3 is 9.80 Å². The molecule has 0 N–H and O–H groups in total. The molecule has 114 valence electrons. The SMILES string of the molecule is CC1CCCN(C(=O)Cc2ccc(N3CCCC3)cc2)C1. The van der Waals surface area contributed by atoms with Gasteiger partial charge in [0.2, 0.25) is 5.91 Å². The van der Waals surface area contributed by atoms with Crippen LogP contribution in [-0.2, 0) is 11.2 Å². The number of hydrogen-bond acceptors (Lipinski definition) is 2. The highest BCUT2D eigenvalue weighted by molar-refractivity contribution is 5.79. The Balaban J connectivity index is 1.58. The van der Waals surface area contributed by atoms with Gasteiger partial charge in [-0.05, 0) is 49.3 Å². The van der Waals surface area contributed by atoms with Crippen LogP contribution in [0.4, 0.5) is 5.69 Å². The average molecular weight is 286 g/mol. The van der Waals surface area contributed by atoms with Crippen molar-refractivity contribution in [2.45, 2.75) is 39.0 Å². The quantitative estimate of drug-likeness (QED) is 0.852. The van der Waals surface area contributed by atoms with E-state index in [1.54, 1.807) is 0 Å². The Labute approximate surface area is 127 Å². The molecule has 0 bridgehead atoms. The van der Waals surface area contributed by atoms with E-state index in [0.717, 1.165) is 25.1 Å². The summed E-state index contributed by atoms with van der Waals surface area (Å²) in [5.41, 5.74) is 2.44. The lowest BCUT2D eigenvalue weighted by Crippen LogP contribution is -2.39. The van der Waals surface area contributed by atoms with E-state index in [2.05, 4.69) is 36.1 Å². The van der Waals surface area contributed by atoms with E-state index >= 15 is 0 Å². The molecular formula is C18H26N2O. The summed E-state index contributed by atoms with van der Waals surface area (Å²) in [7, 11) is 0. The summed E-state index contributed by atoms with van der Waals surface area (Å²) in [4.78, 5) is 16.8. The van der Waals surface area contributed by atoms with Crippen LogP contribution in [0, 0.1) is 5.92 Å². The van der Waals surface area contributed by atoms with Gasteiger partial charge in [-0.2, -0.15) is 0 Å². The monoisotopic (exact) mass is 286 g/mol. The molecule has 1 amide bonds. The van der Waals surface area contributed by atoms with Gasteiger partial charge in [0.1, 0.15) is 0 Å². The zero-order valence-electron chi connectivity index (χ0n) is 13.1. The fourth-order valence-corrected chi connectivity index (χ4v) is 3.50. The minimum absolute atomic E-state index is 0.287. The number of piperidine rings is 1. The van der Waals surface area contributed by atoms with Crippen LogP contribution in [-0.4, -0.2) is 37.0 Å². The molecule has 3 rings (SSSR count). The minimum atomic E-state index is 0.287. The van der Waals surface area contributed by atoms with E-state index < -0.39 is 0 Å². The van der Waals surface area contributed by atoms with Crippen LogP contribution in [0.3, 0.4) is 0 Å². The highest BCUT2D eigenvalue weighted by Crippen LogP contribution is 2.21. The maximum Gasteiger partial charge on any atom is 0.226 e. The van der Waals surface area contributed by atoms with E-state index in [-0.39, 0.29) is 5.91 Å². The average Bonchev–Trinajstić information content (AvgIpc) is 3.02. The van der Waals surface area contributed by atoms with Gasteiger partial charge in [-0.1, -0.05) is 19.1 Å². The topological polar surface area (TPSA) is 23.6 Å². The van der Waals surface area contributed by atoms with Crippen molar-refractivity contribution in [3.8, 4) is 0 Å². The van der Waals surface area contributed by atoms with Crippen LogP contribution in [0.15, 0.2) is 24.3 Å². The van der Waals surface area contributed by atoms with Crippen LogP contribution >= 0.6 is 0 Å². The van der Waals surface area contributed by atoms with Gasteiger partial charge in [0, 0.05) is 31.9 Å². The molecule has 2 aliphatic heterocycles. The molecule has 0 radical (unpaired) electrons. The van der Waals surface area contributed by atoms with Gasteiger partial charge >= 0.3 is 0 Å². The minimum Gasteiger partial charge on any atom is -0.372 e. The molecule has 3 heteroatoms. The molecule has 0 spiro atoms. The van der Waals surface area contributed by atoms with Gasteiger partial charge in [-0.3, -0.25) is 4.79 Å². The lowest BCUT2D eigenvalue weighted by molar-refractivity contribution is -0.132. The normalized spacial score (nSPS) is 22.6. The number of rotatable bonds is 3. The summed E-state index contributed by atoms with van der Waals surface area (Å²) < 4.78 is 0. The number of anilines is 1. The first-order valence-electron chi connectivity index (χ1n) is 8.34. The van der Waals surface area contributed by atoms with E-state index in [1.807, 2.05) is 4.90 Å². The number of hydrogen-bond donors (Lipinski definition) is 0. The number of likely N-dealkylation sites (tertiary alicyclic amines) is 1. The molecule has 21 heavy (non-hydrogen) atoms. The van der Waals surface area contributed by atoms with Crippen LogP contribution < -0.4 is 4.90 Å². The zero-order valence-corrected chi connectivity index (χ0v) is 13.1. The smallest absolute Gasteiger partial charge is 0.226 e. The summed E-state index contributed by atoms with van der Waals surface area (Å²) in [5.74, 6) is 0.940. The van der Waals surface area contributed by atoms with Crippen molar-refractivity contribution >= 4 is 11.6 Å². The van der Waals surface area contributed by atoms with E-state index in [9.17, 15) is 4.79 Å². The fraction of sp³-hybridized carbons (Fsp3) is 0.611. The largest absolute Gasteiger partial charge is 0.372 e. The number of benzene rings is 1. The molecule has 2 heterocycles. The van der Waals surface area contributed by atoms with E-state index in [1.165, 1.54) is 38.0 Å². The number of nitrogens with zero attached hydrogens (tertiary/aromatic N) is 2. The first-order valence-corrected chi connectivity index (χ1v) is 8.34. The van der Waals surface area contributed by atoms with E-state index in [0.29, 0.717) is 12.3 Å². The third kappa shape index (κ3) is 3.58. The molecular weight excluding hydrogens is 260 g/mol. The third-order valence-corrected chi connectivity index (χ3v) is 4.77. The van der Waals surface area contributed by atoms with Crippen LogP contribution in [0.1, 0.15) is 38.2 Å². The summed E-state index contributed by atoms with van der Waals surface area (Å²) >= 11 is 0. The first kappa shape index (κ1) is 14.4. The van der Waals surface area contributed by atoms with Crippen molar-refractivity contribution in [1.82, 2.24) is 4.90 Å². The maximum absolute atomic E-state index is 12.4. The Bertz CT molecular complexity index is 476. The Kier molecular flexibility index (Phi) is 4.47. The first-order chi connectivity index (χ1) is 10.2. The van der Waals surface area contributed by atoms with Crippen LogP contribution in [0.25, 0.3) is 0 Å². The Morgan fingerprint density at radius 3 is 2.48 bits per heavy atom. The second-order valence-corrected chi connectivity index (χ2v) is 6.62. The standard InChI is InChI=1S/C18H26N2O/c1-15-5-4-12-20(14-15)18(21)13-16-6-8-17(9-7-16)19-10-2-3-11-19/h6-9,15H,2-5,10-14H2,1H3. The van der Waals surface area contributed by atoms with E-state index in [4.69, 9.17) is 0 Å². The number of amides is 1. The second kappa shape index (κ2) is 6.50. The third-order valence-electron chi connectivity index (χ3n) is 4.77. The molecule has 1 aromatic carbocycles. The van der Waals surface area contributed by atoms with Crippen LogP contribution in [0.5, 0.6) is 0 Å². The molecule has 2 fully saturated rings. The number of carbonyl (C=O) groups excluding carboxylic acids is 1. The Morgan fingerprint density at radius 1 is 1.10 bits per heavy atom. The fourth-order valence-electron chi connectivity index (χ4n) is 3.50. The van der Waals surface area contributed by atoms with Gasteiger partial charge in [-0.15, -0.1) is 0 Å². The van der Waals surface area contributed by atoms with Crippen molar-refractivity contribution in [1.29, 1.82) is 0 Å². The highest BCUT2D eigenvalue weighted by atomic mass is 16.2. The van der Waals surface area contributed by atoms with Gasteiger partial charge in [0.05, 0.1) is 6.42 Å². The molecule has 0 aliphatic carbocycles. The molecule has 0 saturated carbocycles. The molecule has 0 aromatic heterocycles. The zero-order chi connectivity index (χ0) is 14.7. The molecule has 2 saturated heterocycles. The van der Waals surface area contributed by atoms with Crippen molar-refractivity contribution in [2.24, 2.45) is 5.92 Å². The van der Waals surface area contributed by atoms with Gasteiger partial charge in [0.25, 0.3) is 0 Å². The van der Waals surface area contributed by atoms with Gasteiger partial charge in [-0.25, -0.2) is 0 Å². The lowest BCUT2D eigenvalue weighted by atomic mass is 9.99. The number of carbonyl (C=O) groups is 1. The van der Waals surface area contributed by atoms with Crippen molar-refractivity contribution in [3.05, 3.63) is 29.8 Å². The van der Waals surface area contributed by atoms with Gasteiger partial charge in [0.15, 0.2) is 0 Å².